The van der Waals surface area contributed by atoms with Gasteiger partial charge in [-0.25, -0.2) is 4.39 Å². The molecular formula is C16H18FNO2S. The van der Waals surface area contributed by atoms with E-state index in [1.807, 2.05) is 17.5 Å². The van der Waals surface area contributed by atoms with Gasteiger partial charge in [0.1, 0.15) is 11.9 Å². The Labute approximate surface area is 127 Å². The van der Waals surface area contributed by atoms with E-state index in [0.717, 1.165) is 4.88 Å². The molecule has 1 amide bonds. The molecule has 0 spiro atoms. The number of aliphatic hydroxyl groups is 1. The molecule has 0 aliphatic rings. The number of rotatable bonds is 6. The second-order valence-electron chi connectivity index (χ2n) is 4.90. The van der Waals surface area contributed by atoms with Crippen LogP contribution in [0.4, 0.5) is 4.39 Å². The first kappa shape index (κ1) is 15.7. The molecule has 1 atom stereocenters. The van der Waals surface area contributed by atoms with Crippen LogP contribution in [0.3, 0.4) is 0 Å². The van der Waals surface area contributed by atoms with Gasteiger partial charge in [-0.15, -0.1) is 11.3 Å². The molecule has 3 nitrogen and oxygen atoms in total. The highest BCUT2D eigenvalue weighted by Gasteiger charge is 2.16. The number of aryl methyl sites for hydroxylation is 1. The van der Waals surface area contributed by atoms with Crippen molar-refractivity contribution >= 4 is 17.2 Å². The summed E-state index contributed by atoms with van der Waals surface area (Å²) in [6.07, 6.45) is -0.0769. The predicted octanol–water partition coefficient (Wildman–Crippen LogP) is 3.01. The molecule has 0 fully saturated rings. The van der Waals surface area contributed by atoms with E-state index in [9.17, 15) is 14.3 Å². The third kappa shape index (κ3) is 4.37. The number of hydrogen-bond acceptors (Lipinski definition) is 3. The van der Waals surface area contributed by atoms with Crippen molar-refractivity contribution in [3.05, 3.63) is 58.0 Å². The van der Waals surface area contributed by atoms with Gasteiger partial charge in [0.15, 0.2) is 0 Å². The van der Waals surface area contributed by atoms with Crippen LogP contribution >= 0.6 is 11.3 Å². The molecular weight excluding hydrogens is 289 g/mol. The Balaban J connectivity index is 1.84. The summed E-state index contributed by atoms with van der Waals surface area (Å²) < 4.78 is 13.5. The average molecular weight is 307 g/mol. The van der Waals surface area contributed by atoms with E-state index in [1.54, 1.807) is 25.2 Å². The van der Waals surface area contributed by atoms with Gasteiger partial charge >= 0.3 is 0 Å². The second kappa shape index (κ2) is 7.33. The first-order valence-electron chi connectivity index (χ1n) is 6.76. The molecule has 1 N–H and O–H groups in total. The van der Waals surface area contributed by atoms with Crippen molar-refractivity contribution in [1.82, 2.24) is 4.90 Å². The van der Waals surface area contributed by atoms with E-state index in [2.05, 4.69) is 0 Å². The number of nitrogens with zero attached hydrogens (tertiary/aromatic N) is 1. The van der Waals surface area contributed by atoms with Gasteiger partial charge in [-0.3, -0.25) is 4.79 Å². The molecule has 0 aliphatic carbocycles. The zero-order valence-corrected chi connectivity index (χ0v) is 12.6. The lowest BCUT2D eigenvalue weighted by molar-refractivity contribution is -0.131. The van der Waals surface area contributed by atoms with Gasteiger partial charge in [0, 0.05) is 18.3 Å². The molecule has 1 aromatic heterocycles. The lowest BCUT2D eigenvalue weighted by Gasteiger charge is -2.20. The third-order valence-electron chi connectivity index (χ3n) is 3.31. The minimum atomic E-state index is -0.674. The van der Waals surface area contributed by atoms with E-state index >= 15 is 0 Å². The Morgan fingerprint density at radius 1 is 1.33 bits per heavy atom. The quantitative estimate of drug-likeness (QED) is 0.891. The Hall–Kier alpha value is -1.72. The van der Waals surface area contributed by atoms with Gasteiger partial charge in [-0.1, -0.05) is 24.3 Å². The number of carbonyl (C=O) groups is 1. The summed E-state index contributed by atoms with van der Waals surface area (Å²) in [5.74, 6) is -0.388. The van der Waals surface area contributed by atoms with Crippen LogP contribution in [0.1, 0.15) is 23.0 Å². The number of amides is 1. The molecule has 0 aliphatic heterocycles. The van der Waals surface area contributed by atoms with E-state index in [0.29, 0.717) is 12.0 Å². The minimum absolute atomic E-state index is 0.103. The molecule has 2 aromatic rings. The maximum absolute atomic E-state index is 13.5. The van der Waals surface area contributed by atoms with E-state index in [-0.39, 0.29) is 24.7 Å². The summed E-state index contributed by atoms with van der Waals surface area (Å²) in [5.41, 5.74) is 0.540. The van der Waals surface area contributed by atoms with Crippen molar-refractivity contribution in [1.29, 1.82) is 0 Å². The first-order valence-corrected chi connectivity index (χ1v) is 7.64. The lowest BCUT2D eigenvalue weighted by atomic mass is 10.1. The molecule has 1 aromatic carbocycles. The number of thiophene rings is 1. The fourth-order valence-corrected chi connectivity index (χ4v) is 2.77. The normalized spacial score (nSPS) is 12.1. The maximum atomic E-state index is 13.5. The van der Waals surface area contributed by atoms with E-state index in [1.165, 1.54) is 22.3 Å². The van der Waals surface area contributed by atoms with E-state index in [4.69, 9.17) is 0 Å². The number of carbonyl (C=O) groups excluding carboxylic acids is 1. The van der Waals surface area contributed by atoms with Gasteiger partial charge in [-0.05, 0) is 29.5 Å². The lowest BCUT2D eigenvalue weighted by Crippen LogP contribution is -2.31. The molecule has 1 heterocycles. The third-order valence-corrected chi connectivity index (χ3v) is 4.28. The van der Waals surface area contributed by atoms with Crippen LogP contribution in [0.5, 0.6) is 0 Å². The summed E-state index contributed by atoms with van der Waals surface area (Å²) >= 11 is 1.46. The minimum Gasteiger partial charge on any atom is -0.386 e. The van der Waals surface area contributed by atoms with Crippen molar-refractivity contribution in [3.8, 4) is 0 Å². The number of hydrogen-bond donors (Lipinski definition) is 1. The monoisotopic (exact) mass is 307 g/mol. The number of halogens is 1. The molecule has 0 bridgehead atoms. The Bertz CT molecular complexity index is 586. The first-order chi connectivity index (χ1) is 10.1. The molecule has 2 rings (SSSR count). The van der Waals surface area contributed by atoms with Crippen LogP contribution in [0, 0.1) is 5.82 Å². The predicted molar refractivity (Wildman–Crippen MR) is 81.6 cm³/mol. The van der Waals surface area contributed by atoms with Crippen molar-refractivity contribution in [2.75, 3.05) is 13.6 Å². The molecule has 0 radical (unpaired) electrons. The second-order valence-corrected chi connectivity index (χ2v) is 5.88. The highest BCUT2D eigenvalue weighted by Crippen LogP contribution is 2.19. The van der Waals surface area contributed by atoms with Gasteiger partial charge < -0.3 is 10.0 Å². The smallest absolute Gasteiger partial charge is 0.222 e. The van der Waals surface area contributed by atoms with Crippen LogP contribution in [-0.4, -0.2) is 29.5 Å². The largest absolute Gasteiger partial charge is 0.386 e. The molecule has 1 unspecified atom stereocenters. The van der Waals surface area contributed by atoms with Crippen molar-refractivity contribution < 1.29 is 14.3 Å². The SMILES string of the molecule is CN(CC(O)c1cccs1)C(=O)CCc1ccccc1F. The van der Waals surface area contributed by atoms with Gasteiger partial charge in [0.2, 0.25) is 5.91 Å². The van der Waals surface area contributed by atoms with Crippen molar-refractivity contribution in [3.63, 3.8) is 0 Å². The molecule has 0 saturated heterocycles. The van der Waals surface area contributed by atoms with Gasteiger partial charge in [-0.2, -0.15) is 0 Å². The van der Waals surface area contributed by atoms with E-state index < -0.39 is 6.10 Å². The number of aliphatic hydroxyl groups excluding tert-OH is 1. The summed E-state index contributed by atoms with van der Waals surface area (Å²) in [4.78, 5) is 14.4. The number of benzene rings is 1. The standard InChI is InChI=1S/C16H18FNO2S/c1-18(11-14(19)15-7-4-10-21-15)16(20)9-8-12-5-2-3-6-13(12)17/h2-7,10,14,19H,8-9,11H2,1H3. The van der Waals surface area contributed by atoms with Crippen molar-refractivity contribution in [2.24, 2.45) is 0 Å². The highest BCUT2D eigenvalue weighted by molar-refractivity contribution is 7.10. The van der Waals surface area contributed by atoms with Gasteiger partial charge in [0.05, 0.1) is 6.54 Å². The Morgan fingerprint density at radius 2 is 2.10 bits per heavy atom. The summed E-state index contributed by atoms with van der Waals surface area (Å²) in [6.45, 7) is 0.247. The molecule has 112 valence electrons. The zero-order chi connectivity index (χ0) is 15.2. The summed E-state index contributed by atoms with van der Waals surface area (Å²) in [7, 11) is 1.65. The number of likely N-dealkylation sites (N-methyl/N-ethyl adjacent to an activating group) is 1. The summed E-state index contributed by atoms with van der Waals surface area (Å²) in [6, 6.07) is 10.2. The van der Waals surface area contributed by atoms with Gasteiger partial charge in [0.25, 0.3) is 0 Å². The maximum Gasteiger partial charge on any atom is 0.222 e. The average Bonchev–Trinajstić information content (AvgIpc) is 3.00. The topological polar surface area (TPSA) is 40.5 Å². The van der Waals surface area contributed by atoms with Crippen LogP contribution in [0.2, 0.25) is 0 Å². The van der Waals surface area contributed by atoms with Crippen LogP contribution in [-0.2, 0) is 11.2 Å². The van der Waals surface area contributed by atoms with Crippen molar-refractivity contribution in [2.45, 2.75) is 18.9 Å². The van der Waals surface area contributed by atoms with Crippen LogP contribution in [0.25, 0.3) is 0 Å². The highest BCUT2D eigenvalue weighted by atomic mass is 32.1. The Kier molecular flexibility index (Phi) is 5.47. The fraction of sp³-hybridized carbons (Fsp3) is 0.312. The molecule has 21 heavy (non-hydrogen) atoms. The van der Waals surface area contributed by atoms with Crippen LogP contribution in [0.15, 0.2) is 41.8 Å². The fourth-order valence-electron chi connectivity index (χ4n) is 2.07. The van der Waals surface area contributed by atoms with Crippen LogP contribution < -0.4 is 0 Å². The molecule has 5 heteroatoms. The zero-order valence-electron chi connectivity index (χ0n) is 11.8. The summed E-state index contributed by atoms with van der Waals surface area (Å²) in [5, 5.41) is 11.9. The molecule has 0 saturated carbocycles. The Morgan fingerprint density at radius 3 is 2.76 bits per heavy atom.